The molecule has 3 N–H and O–H groups in total. The zero-order valence-corrected chi connectivity index (χ0v) is 10.8. The van der Waals surface area contributed by atoms with Crippen molar-refractivity contribution in [1.29, 1.82) is 0 Å². The van der Waals surface area contributed by atoms with Gasteiger partial charge in [0, 0.05) is 24.2 Å². The van der Waals surface area contributed by atoms with Crippen molar-refractivity contribution in [2.24, 2.45) is 5.73 Å². The number of rotatable bonds is 8. The first-order valence-electron chi connectivity index (χ1n) is 6.38. The summed E-state index contributed by atoms with van der Waals surface area (Å²) in [4.78, 5) is 21.6. The quantitative estimate of drug-likeness (QED) is 0.428. The van der Waals surface area contributed by atoms with E-state index >= 15 is 0 Å². The van der Waals surface area contributed by atoms with Gasteiger partial charge in [0.2, 0.25) is 5.91 Å². The van der Waals surface area contributed by atoms with Gasteiger partial charge in [-0.25, -0.2) is 0 Å². The zero-order valence-electron chi connectivity index (χ0n) is 10.8. The van der Waals surface area contributed by atoms with Gasteiger partial charge in [0.05, 0.1) is 4.92 Å². The van der Waals surface area contributed by atoms with E-state index in [1.165, 1.54) is 24.3 Å². The fourth-order valence-corrected chi connectivity index (χ4v) is 1.67. The molecule has 0 heterocycles. The van der Waals surface area contributed by atoms with Crippen molar-refractivity contribution in [1.82, 2.24) is 0 Å². The van der Waals surface area contributed by atoms with Gasteiger partial charge in [-0.15, -0.1) is 0 Å². The number of non-ortho nitro benzene ring substituents is 1. The van der Waals surface area contributed by atoms with Crippen molar-refractivity contribution in [3.8, 4) is 0 Å². The molecule has 0 unspecified atom stereocenters. The van der Waals surface area contributed by atoms with Gasteiger partial charge in [-0.3, -0.25) is 14.9 Å². The molecular formula is C13H19N3O3. The second-order valence-electron chi connectivity index (χ2n) is 4.31. The first-order valence-corrected chi connectivity index (χ1v) is 6.38. The predicted molar refractivity (Wildman–Crippen MR) is 73.9 cm³/mol. The summed E-state index contributed by atoms with van der Waals surface area (Å²) < 4.78 is 0. The number of carbonyl (C=O) groups is 1. The van der Waals surface area contributed by atoms with Gasteiger partial charge in [-0.1, -0.05) is 12.8 Å². The summed E-state index contributed by atoms with van der Waals surface area (Å²) in [7, 11) is 0. The summed E-state index contributed by atoms with van der Waals surface area (Å²) in [6.07, 6.45) is 4.32. The lowest BCUT2D eigenvalue weighted by molar-refractivity contribution is -0.384. The Morgan fingerprint density at radius 2 is 1.79 bits per heavy atom. The number of carbonyl (C=O) groups excluding carboxylic acids is 1. The summed E-state index contributed by atoms with van der Waals surface area (Å²) in [5, 5.41) is 13.2. The molecule has 1 rings (SSSR count). The van der Waals surface area contributed by atoms with E-state index in [1.54, 1.807) is 0 Å². The average Bonchev–Trinajstić information content (AvgIpc) is 2.39. The molecule has 0 atom stereocenters. The van der Waals surface area contributed by atoms with Gasteiger partial charge in [0.15, 0.2) is 0 Å². The van der Waals surface area contributed by atoms with Gasteiger partial charge in [-0.05, 0) is 31.5 Å². The van der Waals surface area contributed by atoms with Gasteiger partial charge in [-0.2, -0.15) is 0 Å². The molecule has 0 radical (unpaired) electrons. The molecule has 19 heavy (non-hydrogen) atoms. The first-order chi connectivity index (χ1) is 9.13. The van der Waals surface area contributed by atoms with Crippen molar-refractivity contribution >= 4 is 17.3 Å². The number of benzene rings is 1. The largest absolute Gasteiger partial charge is 0.330 e. The Labute approximate surface area is 112 Å². The van der Waals surface area contributed by atoms with E-state index in [4.69, 9.17) is 5.73 Å². The van der Waals surface area contributed by atoms with Crippen LogP contribution in [0.3, 0.4) is 0 Å². The molecule has 1 aromatic rings. The Morgan fingerprint density at radius 1 is 1.16 bits per heavy atom. The molecule has 6 nitrogen and oxygen atoms in total. The minimum absolute atomic E-state index is 0.0137. The van der Waals surface area contributed by atoms with Gasteiger partial charge in [0.1, 0.15) is 0 Å². The third-order valence-electron chi connectivity index (χ3n) is 2.72. The van der Waals surface area contributed by atoms with Crippen LogP contribution in [0.1, 0.15) is 32.1 Å². The highest BCUT2D eigenvalue weighted by atomic mass is 16.6. The monoisotopic (exact) mass is 265 g/mol. The molecule has 1 amide bonds. The highest BCUT2D eigenvalue weighted by Crippen LogP contribution is 2.15. The fourth-order valence-electron chi connectivity index (χ4n) is 1.67. The molecule has 1 aromatic carbocycles. The topological polar surface area (TPSA) is 98.3 Å². The van der Waals surface area contributed by atoms with Crippen LogP contribution in [0.25, 0.3) is 0 Å². The van der Waals surface area contributed by atoms with Crippen molar-refractivity contribution in [3.63, 3.8) is 0 Å². The van der Waals surface area contributed by atoms with E-state index in [1.807, 2.05) is 0 Å². The second kappa shape index (κ2) is 8.20. The lowest BCUT2D eigenvalue weighted by atomic mass is 10.1. The summed E-state index contributed by atoms with van der Waals surface area (Å²) in [6, 6.07) is 5.81. The number of amides is 1. The number of nitro groups is 1. The predicted octanol–water partition coefficient (Wildman–Crippen LogP) is 2.44. The Bertz CT molecular complexity index is 418. The van der Waals surface area contributed by atoms with Crippen molar-refractivity contribution < 1.29 is 9.72 Å². The lowest BCUT2D eigenvalue weighted by Gasteiger charge is -2.04. The maximum atomic E-state index is 11.6. The van der Waals surface area contributed by atoms with Crippen LogP contribution in [0.5, 0.6) is 0 Å². The second-order valence-corrected chi connectivity index (χ2v) is 4.31. The van der Waals surface area contributed by atoms with Gasteiger partial charge in [0.25, 0.3) is 5.69 Å². The first kappa shape index (κ1) is 15.1. The van der Waals surface area contributed by atoms with E-state index < -0.39 is 4.92 Å². The number of hydrogen-bond acceptors (Lipinski definition) is 4. The summed E-state index contributed by atoms with van der Waals surface area (Å²) in [5.41, 5.74) is 5.97. The van der Waals surface area contributed by atoms with Crippen LogP contribution in [-0.2, 0) is 4.79 Å². The summed E-state index contributed by atoms with van der Waals surface area (Å²) in [6.45, 7) is 0.689. The third kappa shape index (κ3) is 5.96. The highest BCUT2D eigenvalue weighted by molar-refractivity contribution is 5.90. The highest BCUT2D eigenvalue weighted by Gasteiger charge is 2.06. The van der Waals surface area contributed by atoms with E-state index in [-0.39, 0.29) is 11.6 Å². The van der Waals surface area contributed by atoms with E-state index in [0.717, 1.165) is 25.7 Å². The standard InChI is InChI=1S/C13H19N3O3/c14-10-4-2-1-3-5-13(17)15-11-6-8-12(9-7-11)16(18)19/h6-9H,1-5,10,14H2,(H,15,17). The van der Waals surface area contributed by atoms with Gasteiger partial charge >= 0.3 is 0 Å². The molecule has 0 bridgehead atoms. The molecule has 0 aliphatic rings. The molecule has 0 saturated carbocycles. The molecule has 6 heteroatoms. The molecule has 0 spiro atoms. The van der Waals surface area contributed by atoms with Crippen LogP contribution >= 0.6 is 0 Å². The molecule has 0 aliphatic heterocycles. The van der Waals surface area contributed by atoms with Crippen LogP contribution in [0.2, 0.25) is 0 Å². The Balaban J connectivity index is 2.30. The number of nitrogens with one attached hydrogen (secondary N) is 1. The Kier molecular flexibility index (Phi) is 6.52. The molecule has 0 aromatic heterocycles. The SMILES string of the molecule is NCCCCCCC(=O)Nc1ccc([N+](=O)[O-])cc1. The summed E-state index contributed by atoms with van der Waals surface area (Å²) in [5.74, 6) is -0.0680. The Morgan fingerprint density at radius 3 is 2.37 bits per heavy atom. The van der Waals surface area contributed by atoms with E-state index in [2.05, 4.69) is 5.32 Å². The number of nitrogens with two attached hydrogens (primary N) is 1. The van der Waals surface area contributed by atoms with Crippen molar-refractivity contribution in [3.05, 3.63) is 34.4 Å². The van der Waals surface area contributed by atoms with Crippen LogP contribution < -0.4 is 11.1 Å². The molecule has 0 fully saturated rings. The Hall–Kier alpha value is -1.95. The minimum atomic E-state index is -0.469. The number of hydrogen-bond donors (Lipinski definition) is 2. The molecule has 0 saturated heterocycles. The van der Waals surface area contributed by atoms with Crippen LogP contribution in [0, 0.1) is 10.1 Å². The molecule has 104 valence electrons. The maximum Gasteiger partial charge on any atom is 0.269 e. The zero-order chi connectivity index (χ0) is 14.1. The minimum Gasteiger partial charge on any atom is -0.330 e. The lowest BCUT2D eigenvalue weighted by Crippen LogP contribution is -2.11. The van der Waals surface area contributed by atoms with Crippen LogP contribution in [0.15, 0.2) is 24.3 Å². The van der Waals surface area contributed by atoms with E-state index in [9.17, 15) is 14.9 Å². The third-order valence-corrected chi connectivity index (χ3v) is 2.72. The van der Waals surface area contributed by atoms with Gasteiger partial charge < -0.3 is 11.1 Å². The van der Waals surface area contributed by atoms with Crippen molar-refractivity contribution in [2.75, 3.05) is 11.9 Å². The van der Waals surface area contributed by atoms with E-state index in [0.29, 0.717) is 18.7 Å². The number of nitro benzene ring substituents is 1. The smallest absolute Gasteiger partial charge is 0.269 e. The average molecular weight is 265 g/mol. The fraction of sp³-hybridized carbons (Fsp3) is 0.462. The van der Waals surface area contributed by atoms with Crippen LogP contribution in [-0.4, -0.2) is 17.4 Å². The number of anilines is 1. The van der Waals surface area contributed by atoms with Crippen LogP contribution in [0.4, 0.5) is 11.4 Å². The number of unbranched alkanes of at least 4 members (excludes halogenated alkanes) is 3. The normalized spacial score (nSPS) is 10.2. The van der Waals surface area contributed by atoms with Crippen molar-refractivity contribution in [2.45, 2.75) is 32.1 Å². The maximum absolute atomic E-state index is 11.6. The number of nitrogens with zero attached hydrogens (tertiary/aromatic N) is 1. The summed E-state index contributed by atoms with van der Waals surface area (Å²) >= 11 is 0. The molecule has 0 aliphatic carbocycles. The molecular weight excluding hydrogens is 246 g/mol.